The summed E-state index contributed by atoms with van der Waals surface area (Å²) >= 11 is 0. The van der Waals surface area contributed by atoms with Gasteiger partial charge in [0.05, 0.1) is 5.69 Å². The monoisotopic (exact) mass is 365 g/mol. The number of hydrogen-bond donors (Lipinski definition) is 2. The minimum atomic E-state index is -0.792. The number of ketones is 2. The zero-order valence-corrected chi connectivity index (χ0v) is 15.3. The van der Waals surface area contributed by atoms with Gasteiger partial charge in [0.25, 0.3) is 0 Å². The van der Waals surface area contributed by atoms with Crippen LogP contribution in [-0.4, -0.2) is 34.2 Å². The van der Waals surface area contributed by atoms with Crippen molar-refractivity contribution in [1.82, 2.24) is 4.98 Å². The molecule has 1 aromatic heterocycles. The fourth-order valence-corrected chi connectivity index (χ4v) is 3.26. The van der Waals surface area contributed by atoms with Crippen LogP contribution in [0.1, 0.15) is 49.4 Å². The first kappa shape index (κ1) is 18.4. The van der Waals surface area contributed by atoms with E-state index in [1.807, 2.05) is 12.1 Å². The van der Waals surface area contributed by atoms with Gasteiger partial charge in [-0.3, -0.25) is 9.59 Å². The Morgan fingerprint density at radius 2 is 1.78 bits per heavy atom. The molecule has 0 unspecified atom stereocenters. The number of Topliss-reactive ketones (excluding diaryl/α,β-unsaturated/α-hetero) is 2. The van der Waals surface area contributed by atoms with E-state index in [-0.39, 0.29) is 22.8 Å². The third-order valence-electron chi connectivity index (χ3n) is 4.52. The number of esters is 1. The number of aromatic hydroxyl groups is 1. The Morgan fingerprint density at radius 1 is 1.07 bits per heavy atom. The minimum absolute atomic E-state index is 0.00897. The van der Waals surface area contributed by atoms with E-state index < -0.39 is 18.4 Å². The molecule has 3 aromatic rings. The summed E-state index contributed by atoms with van der Waals surface area (Å²) in [5.41, 5.74) is 1.84. The minimum Gasteiger partial charge on any atom is -0.506 e. The normalized spacial score (nSPS) is 10.8. The predicted molar refractivity (Wildman–Crippen MR) is 100 cm³/mol. The summed E-state index contributed by atoms with van der Waals surface area (Å²) in [6.07, 6.45) is 0. The molecule has 0 aliphatic rings. The Hall–Kier alpha value is -3.41. The number of aromatic nitrogens is 1. The fourth-order valence-electron chi connectivity index (χ4n) is 3.26. The van der Waals surface area contributed by atoms with E-state index in [4.69, 9.17) is 4.74 Å². The number of hydrogen-bond acceptors (Lipinski definition) is 5. The van der Waals surface area contributed by atoms with Crippen LogP contribution >= 0.6 is 0 Å². The van der Waals surface area contributed by atoms with Crippen molar-refractivity contribution in [3.05, 3.63) is 64.5 Å². The summed E-state index contributed by atoms with van der Waals surface area (Å²) in [4.78, 5) is 39.3. The summed E-state index contributed by atoms with van der Waals surface area (Å²) in [7, 11) is 0. The largest absolute Gasteiger partial charge is 0.506 e. The molecule has 0 radical (unpaired) electrons. The number of ether oxygens (including phenoxy) is 1. The highest BCUT2D eigenvalue weighted by atomic mass is 16.5. The molecule has 0 spiro atoms. The zero-order chi connectivity index (χ0) is 19.7. The highest BCUT2D eigenvalue weighted by Gasteiger charge is 2.22. The molecule has 0 aliphatic carbocycles. The molecule has 6 nitrogen and oxygen atoms in total. The molecule has 0 saturated carbocycles. The van der Waals surface area contributed by atoms with E-state index in [9.17, 15) is 19.5 Å². The Bertz CT molecular complexity index is 1080. The standard InChI is InChI=1S/C21H19NO5/c1-11-18(13(3)23)12(2)22-19(11)17(24)10-27-21(26)16-9-8-14-6-4-5-7-15(14)20(16)25/h4-9,22,25H,10H2,1-3H3. The molecule has 0 amide bonds. The number of phenolic OH excluding ortho intramolecular Hbond substituents is 1. The van der Waals surface area contributed by atoms with Crippen LogP contribution in [0.4, 0.5) is 0 Å². The van der Waals surface area contributed by atoms with Crippen LogP contribution < -0.4 is 0 Å². The van der Waals surface area contributed by atoms with Gasteiger partial charge in [0.2, 0.25) is 5.78 Å². The van der Waals surface area contributed by atoms with Gasteiger partial charge in [-0.2, -0.15) is 0 Å². The van der Waals surface area contributed by atoms with Gasteiger partial charge in [-0.1, -0.05) is 30.3 Å². The summed E-state index contributed by atoms with van der Waals surface area (Å²) in [6, 6.07) is 10.3. The fraction of sp³-hybridized carbons (Fsp3) is 0.190. The van der Waals surface area contributed by atoms with Crippen molar-refractivity contribution in [2.24, 2.45) is 0 Å². The van der Waals surface area contributed by atoms with Crippen molar-refractivity contribution >= 4 is 28.3 Å². The number of fused-ring (bicyclic) bond motifs is 1. The molecule has 0 bridgehead atoms. The van der Waals surface area contributed by atoms with Crippen LogP contribution in [0.2, 0.25) is 0 Å². The molecule has 0 saturated heterocycles. The molecule has 6 heteroatoms. The Balaban J connectivity index is 1.78. The molecule has 3 rings (SSSR count). The third kappa shape index (κ3) is 3.33. The zero-order valence-electron chi connectivity index (χ0n) is 15.3. The summed E-state index contributed by atoms with van der Waals surface area (Å²) in [6.45, 7) is 4.31. The van der Waals surface area contributed by atoms with Gasteiger partial charge in [0.1, 0.15) is 11.3 Å². The molecule has 27 heavy (non-hydrogen) atoms. The third-order valence-corrected chi connectivity index (χ3v) is 4.52. The quantitative estimate of drug-likeness (QED) is 0.530. The van der Waals surface area contributed by atoms with Gasteiger partial charge in [0.15, 0.2) is 12.4 Å². The van der Waals surface area contributed by atoms with Crippen molar-refractivity contribution in [3.63, 3.8) is 0 Å². The maximum Gasteiger partial charge on any atom is 0.342 e. The van der Waals surface area contributed by atoms with Crippen LogP contribution in [0.5, 0.6) is 5.75 Å². The smallest absolute Gasteiger partial charge is 0.342 e. The van der Waals surface area contributed by atoms with Crippen molar-refractivity contribution in [1.29, 1.82) is 0 Å². The average molecular weight is 365 g/mol. The van der Waals surface area contributed by atoms with Gasteiger partial charge >= 0.3 is 5.97 Å². The molecule has 2 N–H and O–H groups in total. The molecule has 0 atom stereocenters. The first-order valence-electron chi connectivity index (χ1n) is 8.42. The Kier molecular flexibility index (Phi) is 4.81. The van der Waals surface area contributed by atoms with Crippen LogP contribution in [0, 0.1) is 13.8 Å². The Morgan fingerprint density at radius 3 is 2.44 bits per heavy atom. The number of aryl methyl sites for hydroxylation is 1. The van der Waals surface area contributed by atoms with E-state index in [1.54, 1.807) is 32.0 Å². The van der Waals surface area contributed by atoms with Crippen molar-refractivity contribution < 1.29 is 24.2 Å². The molecule has 0 aliphatic heterocycles. The lowest BCUT2D eigenvalue weighted by Crippen LogP contribution is -2.15. The first-order chi connectivity index (χ1) is 12.8. The first-order valence-corrected chi connectivity index (χ1v) is 8.42. The summed E-state index contributed by atoms with van der Waals surface area (Å²) in [5, 5.41) is 11.6. The number of carbonyl (C=O) groups excluding carboxylic acids is 3. The SMILES string of the molecule is CC(=O)c1c(C)[nH]c(C(=O)COC(=O)c2ccc3ccccc3c2O)c1C. The number of aromatic amines is 1. The molecule has 1 heterocycles. The van der Waals surface area contributed by atoms with Crippen LogP contribution in [0.25, 0.3) is 10.8 Å². The second-order valence-electron chi connectivity index (χ2n) is 6.36. The number of nitrogens with one attached hydrogen (secondary N) is 1. The lowest BCUT2D eigenvalue weighted by Gasteiger charge is -2.08. The summed E-state index contributed by atoms with van der Waals surface area (Å²) in [5.74, 6) is -1.56. The van der Waals surface area contributed by atoms with Crippen LogP contribution in [-0.2, 0) is 4.74 Å². The highest BCUT2D eigenvalue weighted by Crippen LogP contribution is 2.29. The van der Waals surface area contributed by atoms with E-state index in [0.29, 0.717) is 22.2 Å². The maximum absolute atomic E-state index is 12.4. The van der Waals surface area contributed by atoms with Crippen LogP contribution in [0.3, 0.4) is 0 Å². The van der Waals surface area contributed by atoms with Crippen LogP contribution in [0.15, 0.2) is 36.4 Å². The average Bonchev–Trinajstić information content (AvgIpc) is 2.94. The van der Waals surface area contributed by atoms with Gasteiger partial charge in [-0.15, -0.1) is 0 Å². The number of benzene rings is 2. The number of rotatable bonds is 5. The second-order valence-corrected chi connectivity index (χ2v) is 6.36. The lowest BCUT2D eigenvalue weighted by atomic mass is 10.1. The van der Waals surface area contributed by atoms with Crippen molar-refractivity contribution in [2.45, 2.75) is 20.8 Å². The van der Waals surface area contributed by atoms with E-state index in [0.717, 1.165) is 5.39 Å². The maximum atomic E-state index is 12.4. The summed E-state index contributed by atoms with van der Waals surface area (Å²) < 4.78 is 5.09. The van der Waals surface area contributed by atoms with Crippen molar-refractivity contribution in [3.8, 4) is 5.75 Å². The van der Waals surface area contributed by atoms with Gasteiger partial charge in [-0.25, -0.2) is 4.79 Å². The topological polar surface area (TPSA) is 96.5 Å². The number of carbonyl (C=O) groups is 3. The lowest BCUT2D eigenvalue weighted by molar-refractivity contribution is 0.0470. The van der Waals surface area contributed by atoms with E-state index in [1.165, 1.54) is 13.0 Å². The van der Waals surface area contributed by atoms with E-state index >= 15 is 0 Å². The second kappa shape index (κ2) is 7.07. The predicted octanol–water partition coefficient (Wildman–Crippen LogP) is 3.73. The van der Waals surface area contributed by atoms with Gasteiger partial charge in [-0.05, 0) is 37.8 Å². The number of H-pyrrole nitrogens is 1. The molecular formula is C21H19NO5. The number of phenols is 1. The van der Waals surface area contributed by atoms with E-state index in [2.05, 4.69) is 4.98 Å². The molecule has 2 aromatic carbocycles. The molecule has 0 fully saturated rings. The molecule has 138 valence electrons. The van der Waals surface area contributed by atoms with Gasteiger partial charge in [0, 0.05) is 16.6 Å². The van der Waals surface area contributed by atoms with Crippen molar-refractivity contribution in [2.75, 3.05) is 6.61 Å². The molecular weight excluding hydrogens is 346 g/mol. The van der Waals surface area contributed by atoms with Gasteiger partial charge < -0.3 is 14.8 Å². The highest BCUT2D eigenvalue weighted by molar-refractivity contribution is 6.05. The Labute approximate surface area is 155 Å².